The number of hydrogen-bond acceptors (Lipinski definition) is 6. The fourth-order valence-corrected chi connectivity index (χ4v) is 2.24. The van der Waals surface area contributed by atoms with E-state index in [-0.39, 0.29) is 5.97 Å². The lowest BCUT2D eigenvalue weighted by Gasteiger charge is -2.19. The summed E-state index contributed by atoms with van der Waals surface area (Å²) < 4.78 is 15.8. The van der Waals surface area contributed by atoms with E-state index in [1.807, 2.05) is 18.2 Å². The van der Waals surface area contributed by atoms with Crippen LogP contribution in [0.2, 0.25) is 0 Å². The number of anilines is 1. The van der Waals surface area contributed by atoms with Gasteiger partial charge in [0.15, 0.2) is 11.5 Å². The number of nitrogens with one attached hydrogen (secondary N) is 1. The molecule has 2 aromatic rings. The number of nitrogens with zero attached hydrogens (tertiary/aromatic N) is 1. The molecule has 1 aliphatic rings. The first kappa shape index (κ1) is 13.5. The zero-order valence-corrected chi connectivity index (χ0v) is 11.7. The Balaban J connectivity index is 1.86. The van der Waals surface area contributed by atoms with Crippen molar-refractivity contribution in [3.05, 3.63) is 24.4 Å². The number of ether oxygens (including phenoxy) is 3. The van der Waals surface area contributed by atoms with Crippen LogP contribution in [0.3, 0.4) is 0 Å². The average molecular weight is 288 g/mol. The minimum Gasteiger partial charge on any atom is -0.486 e. The van der Waals surface area contributed by atoms with Gasteiger partial charge in [-0.05, 0) is 23.6 Å². The Hall–Kier alpha value is -2.50. The Kier molecular flexibility index (Phi) is 3.77. The first-order chi connectivity index (χ1) is 10.3. The molecule has 1 aromatic heterocycles. The lowest BCUT2D eigenvalue weighted by Crippen LogP contribution is -2.15. The molecule has 1 aliphatic heterocycles. The van der Waals surface area contributed by atoms with Crippen LogP contribution < -0.4 is 14.8 Å². The number of fused-ring (bicyclic) bond motifs is 2. The number of methoxy groups -OCH3 is 1. The molecule has 0 radical (unpaired) electrons. The fourth-order valence-electron chi connectivity index (χ4n) is 2.24. The lowest BCUT2D eigenvalue weighted by molar-refractivity contribution is -0.140. The molecular weight excluding hydrogens is 272 g/mol. The van der Waals surface area contributed by atoms with Gasteiger partial charge in [-0.2, -0.15) is 0 Å². The Morgan fingerprint density at radius 3 is 2.86 bits per heavy atom. The number of pyridine rings is 1. The Morgan fingerprint density at radius 2 is 2.10 bits per heavy atom. The highest BCUT2D eigenvalue weighted by Gasteiger charge is 2.14. The van der Waals surface area contributed by atoms with E-state index < -0.39 is 0 Å². The number of benzene rings is 1. The summed E-state index contributed by atoms with van der Waals surface area (Å²) in [6, 6.07) is 5.77. The van der Waals surface area contributed by atoms with Crippen molar-refractivity contribution >= 4 is 22.6 Å². The van der Waals surface area contributed by atoms with Gasteiger partial charge in [-0.15, -0.1) is 0 Å². The van der Waals surface area contributed by atoms with Crippen LogP contribution in [-0.2, 0) is 9.53 Å². The second kappa shape index (κ2) is 5.87. The summed E-state index contributed by atoms with van der Waals surface area (Å²) in [7, 11) is 1.38. The highest BCUT2D eigenvalue weighted by Crippen LogP contribution is 2.36. The van der Waals surface area contributed by atoms with E-state index in [9.17, 15) is 4.79 Å². The van der Waals surface area contributed by atoms with E-state index in [4.69, 9.17) is 9.47 Å². The van der Waals surface area contributed by atoms with E-state index in [0.717, 1.165) is 22.3 Å². The Bertz CT molecular complexity index is 672. The van der Waals surface area contributed by atoms with Crippen LogP contribution in [0.5, 0.6) is 11.5 Å². The molecule has 1 N–H and O–H groups in total. The molecule has 0 unspecified atom stereocenters. The summed E-state index contributed by atoms with van der Waals surface area (Å²) in [4.78, 5) is 15.5. The maximum absolute atomic E-state index is 11.1. The van der Waals surface area contributed by atoms with Gasteiger partial charge in [0.1, 0.15) is 19.0 Å². The van der Waals surface area contributed by atoms with Crippen molar-refractivity contribution in [1.29, 1.82) is 0 Å². The van der Waals surface area contributed by atoms with Crippen LogP contribution in [0.1, 0.15) is 6.42 Å². The zero-order chi connectivity index (χ0) is 14.7. The smallest absolute Gasteiger partial charge is 0.307 e. The Labute approximate surface area is 122 Å². The molecular formula is C15H16N2O4. The molecule has 0 saturated carbocycles. The third-order valence-corrected chi connectivity index (χ3v) is 3.28. The van der Waals surface area contributed by atoms with Crippen LogP contribution in [0.15, 0.2) is 24.4 Å². The third kappa shape index (κ3) is 2.84. The van der Waals surface area contributed by atoms with E-state index in [1.165, 1.54) is 7.11 Å². The van der Waals surface area contributed by atoms with Crippen LogP contribution in [-0.4, -0.2) is 37.8 Å². The van der Waals surface area contributed by atoms with E-state index >= 15 is 0 Å². The van der Waals surface area contributed by atoms with Gasteiger partial charge in [-0.1, -0.05) is 0 Å². The lowest BCUT2D eigenvalue weighted by atomic mass is 10.1. The average Bonchev–Trinajstić information content (AvgIpc) is 2.53. The summed E-state index contributed by atoms with van der Waals surface area (Å²) in [5.41, 5.74) is 0. The number of carbonyl (C=O) groups is 1. The number of aromatic nitrogens is 1. The normalized spacial score (nSPS) is 13.0. The summed E-state index contributed by atoms with van der Waals surface area (Å²) in [5, 5.41) is 5.10. The molecule has 0 saturated heterocycles. The molecule has 6 heteroatoms. The van der Waals surface area contributed by atoms with Crippen molar-refractivity contribution in [3.8, 4) is 11.5 Å². The van der Waals surface area contributed by atoms with Gasteiger partial charge in [0, 0.05) is 18.1 Å². The second-order valence-corrected chi connectivity index (χ2v) is 4.63. The standard InChI is InChI=1S/C15H16N2O4/c1-19-14(18)3-5-17-15-11-9-13-12(20-6-7-21-13)8-10(11)2-4-16-15/h2,4,8-9H,3,5-7H2,1H3,(H,16,17). The van der Waals surface area contributed by atoms with Gasteiger partial charge >= 0.3 is 5.97 Å². The van der Waals surface area contributed by atoms with Gasteiger partial charge in [-0.3, -0.25) is 4.79 Å². The van der Waals surface area contributed by atoms with E-state index in [2.05, 4.69) is 15.0 Å². The molecule has 0 atom stereocenters. The fraction of sp³-hybridized carbons (Fsp3) is 0.333. The molecule has 0 fully saturated rings. The SMILES string of the molecule is COC(=O)CCNc1nccc2cc3c(cc12)OCCO3. The van der Waals surface area contributed by atoms with Gasteiger partial charge in [0.25, 0.3) is 0 Å². The molecule has 0 aliphatic carbocycles. The number of rotatable bonds is 4. The molecule has 0 spiro atoms. The molecule has 6 nitrogen and oxygen atoms in total. The second-order valence-electron chi connectivity index (χ2n) is 4.63. The quantitative estimate of drug-likeness (QED) is 0.868. The highest BCUT2D eigenvalue weighted by molar-refractivity contribution is 5.94. The predicted octanol–water partition coefficient (Wildman–Crippen LogP) is 1.98. The first-order valence-corrected chi connectivity index (χ1v) is 6.77. The van der Waals surface area contributed by atoms with Crippen molar-refractivity contribution in [2.24, 2.45) is 0 Å². The zero-order valence-electron chi connectivity index (χ0n) is 11.7. The monoisotopic (exact) mass is 288 g/mol. The van der Waals surface area contributed by atoms with Gasteiger partial charge in [-0.25, -0.2) is 4.98 Å². The molecule has 1 aromatic carbocycles. The molecule has 3 rings (SSSR count). The number of hydrogen-bond donors (Lipinski definition) is 1. The summed E-state index contributed by atoms with van der Waals surface area (Å²) in [6.45, 7) is 1.57. The van der Waals surface area contributed by atoms with Gasteiger partial charge in [0.2, 0.25) is 0 Å². The van der Waals surface area contributed by atoms with Gasteiger partial charge in [0.05, 0.1) is 13.5 Å². The molecule has 21 heavy (non-hydrogen) atoms. The summed E-state index contributed by atoms with van der Waals surface area (Å²) >= 11 is 0. The molecule has 2 heterocycles. The number of esters is 1. The summed E-state index contributed by atoms with van der Waals surface area (Å²) in [5.74, 6) is 1.93. The molecule has 0 bridgehead atoms. The van der Waals surface area contributed by atoms with Crippen molar-refractivity contribution in [1.82, 2.24) is 4.98 Å². The van der Waals surface area contributed by atoms with Crippen molar-refractivity contribution in [2.75, 3.05) is 32.2 Å². The van der Waals surface area contributed by atoms with Crippen LogP contribution >= 0.6 is 0 Å². The highest BCUT2D eigenvalue weighted by atomic mass is 16.6. The summed E-state index contributed by atoms with van der Waals surface area (Å²) in [6.07, 6.45) is 2.01. The van der Waals surface area contributed by atoms with Crippen molar-refractivity contribution in [2.45, 2.75) is 6.42 Å². The van der Waals surface area contributed by atoms with E-state index in [0.29, 0.717) is 32.0 Å². The van der Waals surface area contributed by atoms with Crippen LogP contribution in [0.25, 0.3) is 10.8 Å². The topological polar surface area (TPSA) is 69.7 Å². The predicted molar refractivity (Wildman–Crippen MR) is 77.9 cm³/mol. The Morgan fingerprint density at radius 1 is 1.33 bits per heavy atom. The van der Waals surface area contributed by atoms with Crippen molar-refractivity contribution < 1.29 is 19.0 Å². The number of carbonyl (C=O) groups excluding carboxylic acids is 1. The maximum atomic E-state index is 11.1. The largest absolute Gasteiger partial charge is 0.486 e. The maximum Gasteiger partial charge on any atom is 0.307 e. The molecule has 110 valence electrons. The third-order valence-electron chi connectivity index (χ3n) is 3.28. The van der Waals surface area contributed by atoms with E-state index in [1.54, 1.807) is 6.20 Å². The van der Waals surface area contributed by atoms with Gasteiger partial charge < -0.3 is 19.5 Å². The molecule has 0 amide bonds. The first-order valence-electron chi connectivity index (χ1n) is 6.77. The van der Waals surface area contributed by atoms with Crippen LogP contribution in [0.4, 0.5) is 5.82 Å². The van der Waals surface area contributed by atoms with Crippen LogP contribution in [0, 0.1) is 0 Å². The minimum absolute atomic E-state index is 0.253. The van der Waals surface area contributed by atoms with Crippen molar-refractivity contribution in [3.63, 3.8) is 0 Å². The minimum atomic E-state index is -0.253.